The molecule has 0 aliphatic carbocycles. The number of carbonyl (C=O) groups excluding carboxylic acids is 2. The van der Waals surface area contributed by atoms with Crippen molar-refractivity contribution in [2.24, 2.45) is 5.92 Å². The van der Waals surface area contributed by atoms with Gasteiger partial charge in [0.15, 0.2) is 11.5 Å². The minimum absolute atomic E-state index is 0.0345. The number of ether oxygens (including phenoxy) is 2. The highest BCUT2D eigenvalue weighted by Gasteiger charge is 2.31. The number of rotatable bonds is 5. The summed E-state index contributed by atoms with van der Waals surface area (Å²) in [5, 5.41) is 6.30. The smallest absolute Gasteiger partial charge is 0.315 e. The lowest BCUT2D eigenvalue weighted by Gasteiger charge is -2.17. The third kappa shape index (κ3) is 4.14. The average molecular weight is 402 g/mol. The summed E-state index contributed by atoms with van der Waals surface area (Å²) >= 11 is 5.85. The predicted molar refractivity (Wildman–Crippen MR) is 105 cm³/mol. The first-order chi connectivity index (χ1) is 13.6. The molecule has 2 aliphatic rings. The molecular weight excluding hydrogens is 382 g/mol. The maximum Gasteiger partial charge on any atom is 0.315 e. The minimum Gasteiger partial charge on any atom is -0.454 e. The standard InChI is InChI=1S/C20H20ClN3O4/c21-15-3-1-13(2-4-15)9-22-20(26)23-10-14-7-19(25)24(11-14)16-5-6-17-18(8-16)28-12-27-17/h1-6,8,14H,7,9-12H2,(H2,22,23,26)/t14-/m1/s1. The van der Waals surface area contributed by atoms with E-state index in [1.54, 1.807) is 23.1 Å². The first-order valence-electron chi connectivity index (χ1n) is 9.04. The Morgan fingerprint density at radius 2 is 1.89 bits per heavy atom. The molecule has 2 N–H and O–H groups in total. The van der Waals surface area contributed by atoms with E-state index in [-0.39, 0.29) is 24.6 Å². The number of hydrogen-bond acceptors (Lipinski definition) is 4. The molecule has 3 amide bonds. The topological polar surface area (TPSA) is 79.9 Å². The summed E-state index contributed by atoms with van der Waals surface area (Å²) < 4.78 is 10.7. The highest BCUT2D eigenvalue weighted by atomic mass is 35.5. The zero-order chi connectivity index (χ0) is 19.5. The Kier molecular flexibility index (Phi) is 5.25. The van der Waals surface area contributed by atoms with Crippen molar-refractivity contribution in [2.45, 2.75) is 13.0 Å². The van der Waals surface area contributed by atoms with Gasteiger partial charge in [-0.25, -0.2) is 4.79 Å². The van der Waals surface area contributed by atoms with Crippen molar-refractivity contribution in [1.82, 2.24) is 10.6 Å². The third-order valence-corrected chi connectivity index (χ3v) is 5.04. The van der Waals surface area contributed by atoms with Gasteiger partial charge < -0.3 is 25.0 Å². The van der Waals surface area contributed by atoms with Gasteiger partial charge >= 0.3 is 6.03 Å². The second kappa shape index (κ2) is 7.98. The van der Waals surface area contributed by atoms with Crippen molar-refractivity contribution in [3.63, 3.8) is 0 Å². The summed E-state index contributed by atoms with van der Waals surface area (Å²) in [6, 6.07) is 12.5. The van der Waals surface area contributed by atoms with E-state index >= 15 is 0 Å². The van der Waals surface area contributed by atoms with Gasteiger partial charge in [0.1, 0.15) is 0 Å². The van der Waals surface area contributed by atoms with Gasteiger partial charge in [0, 0.05) is 48.7 Å². The second-order valence-corrected chi connectivity index (χ2v) is 7.24. The third-order valence-electron chi connectivity index (χ3n) is 4.79. The quantitative estimate of drug-likeness (QED) is 0.807. The first kappa shape index (κ1) is 18.4. The van der Waals surface area contributed by atoms with Crippen molar-refractivity contribution in [2.75, 3.05) is 24.8 Å². The molecule has 8 heteroatoms. The van der Waals surface area contributed by atoms with Crippen LogP contribution in [-0.4, -0.2) is 31.8 Å². The van der Waals surface area contributed by atoms with Gasteiger partial charge in [-0.1, -0.05) is 23.7 Å². The van der Waals surface area contributed by atoms with Crippen LogP contribution in [0.2, 0.25) is 5.02 Å². The molecule has 0 bridgehead atoms. The van der Waals surface area contributed by atoms with Crippen molar-refractivity contribution in [3.8, 4) is 11.5 Å². The largest absolute Gasteiger partial charge is 0.454 e. The summed E-state index contributed by atoms with van der Waals surface area (Å²) in [5.41, 5.74) is 1.74. The van der Waals surface area contributed by atoms with E-state index in [9.17, 15) is 9.59 Å². The molecule has 7 nitrogen and oxygen atoms in total. The highest BCUT2D eigenvalue weighted by molar-refractivity contribution is 6.30. The number of fused-ring (bicyclic) bond motifs is 1. The monoisotopic (exact) mass is 401 g/mol. The van der Waals surface area contributed by atoms with E-state index in [1.807, 2.05) is 24.3 Å². The van der Waals surface area contributed by atoms with Gasteiger partial charge in [0.2, 0.25) is 12.7 Å². The lowest BCUT2D eigenvalue weighted by atomic mass is 10.1. The number of amides is 3. The maximum absolute atomic E-state index is 12.4. The number of anilines is 1. The number of nitrogens with one attached hydrogen (secondary N) is 2. The van der Waals surface area contributed by atoms with Crippen molar-refractivity contribution in [1.29, 1.82) is 0 Å². The molecule has 2 heterocycles. The number of hydrogen-bond donors (Lipinski definition) is 2. The fraction of sp³-hybridized carbons (Fsp3) is 0.300. The first-order valence-corrected chi connectivity index (χ1v) is 9.42. The van der Waals surface area contributed by atoms with E-state index in [2.05, 4.69) is 10.6 Å². The minimum atomic E-state index is -0.260. The van der Waals surface area contributed by atoms with Crippen molar-refractivity contribution >= 4 is 29.2 Å². The van der Waals surface area contributed by atoms with Gasteiger partial charge in [-0.15, -0.1) is 0 Å². The summed E-state index contributed by atoms with van der Waals surface area (Å²) in [6.45, 7) is 1.59. The molecule has 2 aromatic rings. The number of benzene rings is 2. The zero-order valence-corrected chi connectivity index (χ0v) is 15.9. The lowest BCUT2D eigenvalue weighted by molar-refractivity contribution is -0.117. The van der Waals surface area contributed by atoms with Gasteiger partial charge in [-0.05, 0) is 29.8 Å². The fourth-order valence-electron chi connectivity index (χ4n) is 3.31. The van der Waals surface area contributed by atoms with Gasteiger partial charge in [0.25, 0.3) is 0 Å². The predicted octanol–water partition coefficient (Wildman–Crippen LogP) is 2.92. The van der Waals surface area contributed by atoms with Crippen LogP contribution in [0.25, 0.3) is 0 Å². The molecule has 1 atom stereocenters. The van der Waals surface area contributed by atoms with Crippen LogP contribution in [0.1, 0.15) is 12.0 Å². The van der Waals surface area contributed by atoms with Crippen LogP contribution in [0, 0.1) is 5.92 Å². The second-order valence-electron chi connectivity index (χ2n) is 6.80. The number of nitrogens with zero attached hydrogens (tertiary/aromatic N) is 1. The molecule has 1 saturated heterocycles. The lowest BCUT2D eigenvalue weighted by Crippen LogP contribution is -2.38. The molecule has 2 aromatic carbocycles. The summed E-state index contributed by atoms with van der Waals surface area (Å²) in [5.74, 6) is 1.42. The molecule has 0 radical (unpaired) electrons. The number of urea groups is 1. The molecule has 4 rings (SSSR count). The molecule has 0 spiro atoms. The Bertz CT molecular complexity index is 888. The van der Waals surface area contributed by atoms with Crippen LogP contribution in [0.3, 0.4) is 0 Å². The van der Waals surface area contributed by atoms with Crippen LogP contribution in [0.5, 0.6) is 11.5 Å². The van der Waals surface area contributed by atoms with E-state index < -0.39 is 0 Å². The molecule has 0 aromatic heterocycles. The van der Waals surface area contributed by atoms with Crippen molar-refractivity contribution in [3.05, 3.63) is 53.1 Å². The van der Waals surface area contributed by atoms with E-state index in [4.69, 9.17) is 21.1 Å². The molecule has 1 fully saturated rings. The summed E-state index contributed by atoms with van der Waals surface area (Å²) in [7, 11) is 0. The molecule has 0 unspecified atom stereocenters. The number of halogens is 1. The van der Waals surface area contributed by atoms with E-state index in [0.29, 0.717) is 42.6 Å². The van der Waals surface area contributed by atoms with Gasteiger partial charge in [-0.2, -0.15) is 0 Å². The zero-order valence-electron chi connectivity index (χ0n) is 15.1. The van der Waals surface area contributed by atoms with Crippen LogP contribution in [-0.2, 0) is 11.3 Å². The summed E-state index contributed by atoms with van der Waals surface area (Å²) in [4.78, 5) is 26.1. The Balaban J connectivity index is 1.26. The van der Waals surface area contributed by atoms with Crippen LogP contribution in [0.4, 0.5) is 10.5 Å². The van der Waals surface area contributed by atoms with E-state index in [1.165, 1.54) is 0 Å². The molecule has 146 valence electrons. The Labute approximate surface area is 167 Å². The van der Waals surface area contributed by atoms with Crippen LogP contribution in [0.15, 0.2) is 42.5 Å². The molecule has 0 saturated carbocycles. The maximum atomic E-state index is 12.4. The Hall–Kier alpha value is -2.93. The van der Waals surface area contributed by atoms with Crippen LogP contribution < -0.4 is 25.0 Å². The van der Waals surface area contributed by atoms with E-state index in [0.717, 1.165) is 11.3 Å². The fourth-order valence-corrected chi connectivity index (χ4v) is 3.43. The number of carbonyl (C=O) groups is 2. The van der Waals surface area contributed by atoms with Crippen molar-refractivity contribution < 1.29 is 19.1 Å². The average Bonchev–Trinajstić information content (AvgIpc) is 3.31. The Morgan fingerprint density at radius 3 is 2.71 bits per heavy atom. The molecule has 28 heavy (non-hydrogen) atoms. The van der Waals surface area contributed by atoms with Gasteiger partial charge in [-0.3, -0.25) is 4.79 Å². The normalized spacial score (nSPS) is 17.7. The Morgan fingerprint density at radius 1 is 1.11 bits per heavy atom. The highest BCUT2D eigenvalue weighted by Crippen LogP contribution is 2.37. The molecular formula is C20H20ClN3O4. The molecule has 2 aliphatic heterocycles. The summed E-state index contributed by atoms with van der Waals surface area (Å²) in [6.07, 6.45) is 0.395. The van der Waals surface area contributed by atoms with Crippen LogP contribution >= 0.6 is 11.6 Å². The van der Waals surface area contributed by atoms with Gasteiger partial charge in [0.05, 0.1) is 0 Å². The SMILES string of the molecule is O=C(NCc1ccc(Cl)cc1)NC[C@H]1CC(=O)N(c2ccc3c(c2)OCO3)C1.